The fourth-order valence-corrected chi connectivity index (χ4v) is 3.07. The molecule has 11 heteroatoms. The van der Waals surface area contributed by atoms with E-state index in [-0.39, 0.29) is 22.0 Å². The summed E-state index contributed by atoms with van der Waals surface area (Å²) >= 11 is 0. The molecule has 1 aromatic heterocycles. The molecule has 148 valence electrons. The summed E-state index contributed by atoms with van der Waals surface area (Å²) in [5, 5.41) is 3.28. The number of carbonyl (C=O) groups is 1. The average Bonchev–Trinajstić information content (AvgIpc) is 3.12. The van der Waals surface area contributed by atoms with E-state index in [2.05, 4.69) is 30.7 Å². The molecule has 1 atom stereocenters. The quantitative estimate of drug-likeness (QED) is 0.544. The summed E-state index contributed by atoms with van der Waals surface area (Å²) in [5.74, 6) is -2.69. The van der Waals surface area contributed by atoms with Crippen LogP contribution in [0.2, 0.25) is 0 Å². The van der Waals surface area contributed by atoms with E-state index in [1.807, 2.05) is 0 Å². The van der Waals surface area contributed by atoms with E-state index < -0.39 is 27.7 Å². The molecular formula is C17H15F3N4O3S. The highest BCUT2D eigenvalue weighted by atomic mass is 32.2. The molecule has 1 aromatic carbocycles. The van der Waals surface area contributed by atoms with Gasteiger partial charge in [-0.1, -0.05) is 29.4 Å². The van der Waals surface area contributed by atoms with Crippen molar-refractivity contribution in [1.82, 2.24) is 10.1 Å². The number of alkyl halides is 3. The summed E-state index contributed by atoms with van der Waals surface area (Å²) < 4.78 is 58.3. The zero-order valence-corrected chi connectivity index (χ0v) is 15.6. The van der Waals surface area contributed by atoms with Crippen LogP contribution in [-0.4, -0.2) is 33.2 Å². The molecule has 2 rings (SSSR count). The van der Waals surface area contributed by atoms with Crippen LogP contribution in [0.1, 0.15) is 23.2 Å². The molecule has 0 bridgehead atoms. The number of nitrogens with zero attached hydrogens (tertiary/aromatic N) is 4. The van der Waals surface area contributed by atoms with Crippen molar-refractivity contribution >= 4 is 22.4 Å². The van der Waals surface area contributed by atoms with Crippen LogP contribution < -0.4 is 0 Å². The number of benzene rings is 1. The molecule has 0 aliphatic rings. The lowest BCUT2D eigenvalue weighted by atomic mass is 10.1. The van der Waals surface area contributed by atoms with Gasteiger partial charge in [-0.05, 0) is 31.9 Å². The minimum atomic E-state index is -4.78. The highest BCUT2D eigenvalue weighted by molar-refractivity contribution is 7.97. The van der Waals surface area contributed by atoms with Gasteiger partial charge in [-0.3, -0.25) is 9.79 Å². The minimum absolute atomic E-state index is 0.0140. The minimum Gasteiger partial charge on any atom is -0.329 e. The van der Waals surface area contributed by atoms with Crippen molar-refractivity contribution in [1.29, 1.82) is 0 Å². The Labute approximate surface area is 158 Å². The molecule has 2 aromatic rings. The third kappa shape index (κ3) is 5.00. The Bertz CT molecular complexity index is 1080. The molecular weight excluding hydrogens is 397 g/mol. The summed E-state index contributed by atoms with van der Waals surface area (Å²) in [6.45, 7) is 5.06. The normalized spacial score (nSPS) is 14.7. The van der Waals surface area contributed by atoms with Crippen molar-refractivity contribution in [2.45, 2.75) is 13.1 Å². The first-order valence-electron chi connectivity index (χ1n) is 7.66. The summed E-state index contributed by atoms with van der Waals surface area (Å²) in [4.78, 5) is 19.3. The zero-order chi connectivity index (χ0) is 20.9. The maximum Gasteiger partial charge on any atom is 0.471 e. The smallest absolute Gasteiger partial charge is 0.329 e. The number of carbonyl (C=O) groups excluding carboxylic acids is 1. The number of halogens is 3. The first-order chi connectivity index (χ1) is 13.1. The number of rotatable bonds is 5. The van der Waals surface area contributed by atoms with Crippen molar-refractivity contribution in [2.24, 2.45) is 9.36 Å². The molecule has 28 heavy (non-hydrogen) atoms. The summed E-state index contributed by atoms with van der Waals surface area (Å²) in [7, 11) is -3.18. The van der Waals surface area contributed by atoms with Crippen LogP contribution in [0.3, 0.4) is 0 Å². The highest BCUT2D eigenvalue weighted by Gasteiger charge is 2.38. The van der Waals surface area contributed by atoms with Crippen molar-refractivity contribution in [3.8, 4) is 11.4 Å². The van der Waals surface area contributed by atoms with Gasteiger partial charge < -0.3 is 4.52 Å². The predicted octanol–water partition coefficient (Wildman–Crippen LogP) is 4.11. The third-order valence-corrected chi connectivity index (χ3v) is 4.82. The Kier molecular flexibility index (Phi) is 6.29. The second-order valence-corrected chi connectivity index (χ2v) is 7.60. The lowest BCUT2D eigenvalue weighted by Gasteiger charge is -2.04. The van der Waals surface area contributed by atoms with E-state index in [0.717, 1.165) is 0 Å². The largest absolute Gasteiger partial charge is 0.471 e. The van der Waals surface area contributed by atoms with Crippen LogP contribution in [-0.2, 0) is 15.9 Å². The highest BCUT2D eigenvalue weighted by Crippen LogP contribution is 2.29. The van der Waals surface area contributed by atoms with Gasteiger partial charge in [0.25, 0.3) is 5.91 Å². The monoisotopic (exact) mass is 412 g/mol. The number of aromatic nitrogens is 2. The molecule has 0 N–H and O–H groups in total. The van der Waals surface area contributed by atoms with Gasteiger partial charge in [0.2, 0.25) is 5.82 Å². The third-order valence-electron chi connectivity index (χ3n) is 3.27. The number of amides is 1. The Hall–Kier alpha value is -3.08. The maximum atomic E-state index is 12.7. The van der Waals surface area contributed by atoms with Crippen molar-refractivity contribution in [3.05, 3.63) is 59.0 Å². The number of aliphatic imine (C=N–C) groups is 1. The van der Waals surface area contributed by atoms with E-state index in [0.29, 0.717) is 0 Å². The molecule has 0 aliphatic heterocycles. The van der Waals surface area contributed by atoms with Gasteiger partial charge in [0, 0.05) is 17.4 Å². The standard InChI is InChI=1S/C17H15F3N4O3S/c1-4-5-9-13(21-2)28(3,26)24-15(25)12-8-6-7-11(10-12)14-22-16(27-23-14)17(18,19)20/h4-10H,2H2,1,3H3/b5-4-,13-9-. The first kappa shape index (κ1) is 21.2. The lowest BCUT2D eigenvalue weighted by Crippen LogP contribution is -2.05. The van der Waals surface area contributed by atoms with Crippen LogP contribution in [0.25, 0.3) is 11.4 Å². The molecule has 0 fully saturated rings. The topological polar surface area (TPSA) is 97.8 Å². The van der Waals surface area contributed by atoms with Gasteiger partial charge in [-0.15, -0.1) is 0 Å². The molecule has 0 saturated heterocycles. The fraction of sp³-hybridized carbons (Fsp3) is 0.176. The van der Waals surface area contributed by atoms with Crippen LogP contribution in [0, 0.1) is 0 Å². The SMILES string of the molecule is C=N/C(=C/C=C\C)S(C)(=O)=NC(=O)c1cccc(-c2noc(C(F)(F)F)n2)c1. The van der Waals surface area contributed by atoms with Crippen LogP contribution >= 0.6 is 0 Å². The number of allylic oxidation sites excluding steroid dienone is 3. The average molecular weight is 412 g/mol. The molecule has 1 unspecified atom stereocenters. The molecule has 0 saturated carbocycles. The summed E-state index contributed by atoms with van der Waals surface area (Å²) in [6.07, 6.45) is 1.11. The van der Waals surface area contributed by atoms with E-state index in [1.54, 1.807) is 19.1 Å². The van der Waals surface area contributed by atoms with Crippen molar-refractivity contribution in [3.63, 3.8) is 0 Å². The molecule has 0 radical (unpaired) electrons. The van der Waals surface area contributed by atoms with Gasteiger partial charge in [-0.25, -0.2) is 4.21 Å². The zero-order valence-electron chi connectivity index (χ0n) is 14.8. The molecule has 1 heterocycles. The van der Waals surface area contributed by atoms with Crippen molar-refractivity contribution < 1.29 is 26.7 Å². The Morgan fingerprint density at radius 3 is 2.64 bits per heavy atom. The summed E-state index contributed by atoms with van der Waals surface area (Å²) in [5.41, 5.74) is 0.0920. The van der Waals surface area contributed by atoms with Gasteiger partial charge in [0.05, 0.1) is 9.73 Å². The van der Waals surface area contributed by atoms with Crippen LogP contribution in [0.15, 0.2) is 61.4 Å². The molecule has 0 aliphatic carbocycles. The second kappa shape index (κ2) is 8.30. The van der Waals surface area contributed by atoms with Gasteiger partial charge in [0.1, 0.15) is 5.03 Å². The second-order valence-electron chi connectivity index (χ2n) is 5.39. The summed E-state index contributed by atoms with van der Waals surface area (Å²) in [6, 6.07) is 5.39. The van der Waals surface area contributed by atoms with Crippen molar-refractivity contribution in [2.75, 3.05) is 6.26 Å². The number of hydrogen-bond acceptors (Lipinski definition) is 6. The van der Waals surface area contributed by atoms with Crippen LogP contribution in [0.5, 0.6) is 0 Å². The number of hydrogen-bond donors (Lipinski definition) is 0. The van der Waals surface area contributed by atoms with Gasteiger partial charge in [-0.2, -0.15) is 22.5 Å². The van der Waals surface area contributed by atoms with E-state index >= 15 is 0 Å². The van der Waals surface area contributed by atoms with Gasteiger partial charge >= 0.3 is 12.1 Å². The molecule has 1 amide bonds. The maximum absolute atomic E-state index is 12.7. The Balaban J connectivity index is 2.40. The fourth-order valence-electron chi connectivity index (χ4n) is 1.98. The van der Waals surface area contributed by atoms with Gasteiger partial charge in [0.15, 0.2) is 0 Å². The molecule has 0 spiro atoms. The molecule has 7 nitrogen and oxygen atoms in total. The predicted molar refractivity (Wildman–Crippen MR) is 98.0 cm³/mol. The first-order valence-corrected chi connectivity index (χ1v) is 9.58. The van der Waals surface area contributed by atoms with E-state index in [1.165, 1.54) is 36.6 Å². The Morgan fingerprint density at radius 1 is 1.36 bits per heavy atom. The lowest BCUT2D eigenvalue weighted by molar-refractivity contribution is -0.159. The Morgan fingerprint density at radius 2 is 2.07 bits per heavy atom. The van der Waals surface area contributed by atoms with E-state index in [4.69, 9.17) is 0 Å². The van der Waals surface area contributed by atoms with Crippen LogP contribution in [0.4, 0.5) is 13.2 Å². The van der Waals surface area contributed by atoms with E-state index in [9.17, 15) is 22.2 Å².